The SMILES string of the molecule is C=CC(C)(C)C1(C)C=CC(=O)CC1. The monoisotopic (exact) mass is 178 g/mol. The number of carbonyl (C=O) groups is 1. The first-order chi connectivity index (χ1) is 5.91. The minimum Gasteiger partial charge on any atom is -0.295 e. The zero-order valence-corrected chi connectivity index (χ0v) is 8.76. The third-order valence-corrected chi connectivity index (χ3v) is 3.51. The maximum atomic E-state index is 11.1. The summed E-state index contributed by atoms with van der Waals surface area (Å²) in [5.41, 5.74) is 0.146. The van der Waals surface area contributed by atoms with Gasteiger partial charge in [-0.05, 0) is 23.3 Å². The lowest BCUT2D eigenvalue weighted by molar-refractivity contribution is -0.115. The second-order valence-electron chi connectivity index (χ2n) is 4.64. The average molecular weight is 178 g/mol. The fourth-order valence-electron chi connectivity index (χ4n) is 1.60. The molecule has 1 aliphatic carbocycles. The maximum absolute atomic E-state index is 11.1. The lowest BCUT2D eigenvalue weighted by atomic mass is 9.62. The number of allylic oxidation sites excluding steroid dienone is 3. The molecule has 1 heteroatoms. The molecule has 0 saturated carbocycles. The molecule has 0 bridgehead atoms. The maximum Gasteiger partial charge on any atom is 0.155 e. The Morgan fingerprint density at radius 2 is 2.23 bits per heavy atom. The summed E-state index contributed by atoms with van der Waals surface area (Å²) in [5, 5.41) is 0. The average Bonchev–Trinajstić information content (AvgIpc) is 2.10. The van der Waals surface area contributed by atoms with Crippen LogP contribution in [0.1, 0.15) is 33.6 Å². The largest absolute Gasteiger partial charge is 0.295 e. The van der Waals surface area contributed by atoms with Crippen molar-refractivity contribution in [3.05, 3.63) is 24.8 Å². The van der Waals surface area contributed by atoms with Crippen LogP contribution >= 0.6 is 0 Å². The molecule has 1 rings (SSSR count). The molecule has 0 aromatic carbocycles. The highest BCUT2D eigenvalue weighted by Crippen LogP contribution is 2.46. The molecule has 0 aromatic rings. The fraction of sp³-hybridized carbons (Fsp3) is 0.583. The minimum atomic E-state index is 0.0597. The Morgan fingerprint density at radius 1 is 1.62 bits per heavy atom. The molecule has 13 heavy (non-hydrogen) atoms. The van der Waals surface area contributed by atoms with E-state index in [1.54, 1.807) is 6.08 Å². The fourth-order valence-corrected chi connectivity index (χ4v) is 1.60. The first kappa shape index (κ1) is 10.2. The quantitative estimate of drug-likeness (QED) is 0.594. The van der Waals surface area contributed by atoms with Crippen LogP contribution < -0.4 is 0 Å². The molecule has 0 radical (unpaired) electrons. The van der Waals surface area contributed by atoms with Gasteiger partial charge in [0.25, 0.3) is 0 Å². The predicted molar refractivity (Wildman–Crippen MR) is 55.5 cm³/mol. The van der Waals surface area contributed by atoms with Crippen molar-refractivity contribution < 1.29 is 4.79 Å². The lowest BCUT2D eigenvalue weighted by Gasteiger charge is -2.41. The molecular formula is C12H18O. The van der Waals surface area contributed by atoms with E-state index < -0.39 is 0 Å². The zero-order valence-electron chi connectivity index (χ0n) is 8.76. The molecule has 0 N–H and O–H groups in total. The Labute approximate surface area is 80.5 Å². The highest BCUT2D eigenvalue weighted by molar-refractivity contribution is 5.90. The van der Waals surface area contributed by atoms with Crippen LogP contribution in [0.15, 0.2) is 24.8 Å². The second-order valence-corrected chi connectivity index (χ2v) is 4.64. The van der Waals surface area contributed by atoms with Gasteiger partial charge in [0.15, 0.2) is 5.78 Å². The van der Waals surface area contributed by atoms with Gasteiger partial charge in [0, 0.05) is 6.42 Å². The van der Waals surface area contributed by atoms with Gasteiger partial charge in [-0.25, -0.2) is 0 Å². The number of hydrogen-bond acceptors (Lipinski definition) is 1. The van der Waals surface area contributed by atoms with Crippen LogP contribution in [0.3, 0.4) is 0 Å². The highest BCUT2D eigenvalue weighted by atomic mass is 16.1. The van der Waals surface area contributed by atoms with Crippen molar-refractivity contribution in [3.8, 4) is 0 Å². The molecule has 1 atom stereocenters. The minimum absolute atomic E-state index is 0.0597. The molecule has 1 unspecified atom stereocenters. The Balaban J connectivity index is 2.96. The standard InChI is InChI=1S/C12H18O/c1-5-11(2,3)12(4)8-6-10(13)7-9-12/h5-6,8H,1,7,9H2,2-4H3. The molecule has 1 nitrogen and oxygen atoms in total. The van der Waals surface area contributed by atoms with Gasteiger partial charge in [0.05, 0.1) is 0 Å². The second kappa shape index (κ2) is 3.13. The Bertz CT molecular complexity index is 260. The van der Waals surface area contributed by atoms with Gasteiger partial charge in [0.1, 0.15) is 0 Å². The summed E-state index contributed by atoms with van der Waals surface area (Å²) in [6, 6.07) is 0. The van der Waals surface area contributed by atoms with E-state index in [1.807, 2.05) is 12.2 Å². The van der Waals surface area contributed by atoms with E-state index >= 15 is 0 Å². The third-order valence-electron chi connectivity index (χ3n) is 3.51. The van der Waals surface area contributed by atoms with Crippen molar-refractivity contribution in [3.63, 3.8) is 0 Å². The van der Waals surface area contributed by atoms with Gasteiger partial charge in [-0.1, -0.05) is 32.9 Å². The van der Waals surface area contributed by atoms with Gasteiger partial charge in [-0.2, -0.15) is 0 Å². The predicted octanol–water partition coefficient (Wildman–Crippen LogP) is 3.12. The van der Waals surface area contributed by atoms with E-state index in [4.69, 9.17) is 0 Å². The smallest absolute Gasteiger partial charge is 0.155 e. The molecule has 0 amide bonds. The molecule has 0 heterocycles. The molecule has 0 aromatic heterocycles. The van der Waals surface area contributed by atoms with E-state index in [0.29, 0.717) is 6.42 Å². The molecular weight excluding hydrogens is 160 g/mol. The molecule has 0 fully saturated rings. The van der Waals surface area contributed by atoms with Crippen molar-refractivity contribution >= 4 is 5.78 Å². The number of ketones is 1. The van der Waals surface area contributed by atoms with E-state index in [-0.39, 0.29) is 16.6 Å². The lowest BCUT2D eigenvalue weighted by Crippen LogP contribution is -2.34. The van der Waals surface area contributed by atoms with E-state index in [1.165, 1.54) is 0 Å². The van der Waals surface area contributed by atoms with Gasteiger partial charge in [-0.3, -0.25) is 4.79 Å². The topological polar surface area (TPSA) is 17.1 Å². The summed E-state index contributed by atoms with van der Waals surface area (Å²) in [6.45, 7) is 10.4. The molecule has 1 aliphatic rings. The normalized spacial score (nSPS) is 29.0. The highest BCUT2D eigenvalue weighted by Gasteiger charge is 2.38. The van der Waals surface area contributed by atoms with Crippen molar-refractivity contribution in [1.29, 1.82) is 0 Å². The molecule has 0 saturated heterocycles. The number of carbonyl (C=O) groups excluding carboxylic acids is 1. The first-order valence-electron chi connectivity index (χ1n) is 4.77. The summed E-state index contributed by atoms with van der Waals surface area (Å²) in [7, 11) is 0. The third kappa shape index (κ3) is 1.74. The number of hydrogen-bond donors (Lipinski definition) is 0. The van der Waals surface area contributed by atoms with E-state index in [0.717, 1.165) is 6.42 Å². The van der Waals surface area contributed by atoms with Crippen LogP contribution in [-0.2, 0) is 4.79 Å². The molecule has 72 valence electrons. The Kier molecular flexibility index (Phi) is 2.47. The molecule has 0 aliphatic heterocycles. The van der Waals surface area contributed by atoms with Crippen molar-refractivity contribution in [2.45, 2.75) is 33.6 Å². The Morgan fingerprint density at radius 3 is 2.62 bits per heavy atom. The van der Waals surface area contributed by atoms with Crippen molar-refractivity contribution in [2.24, 2.45) is 10.8 Å². The van der Waals surface area contributed by atoms with Crippen LogP contribution in [0.25, 0.3) is 0 Å². The zero-order chi connectivity index (χ0) is 10.1. The van der Waals surface area contributed by atoms with E-state index in [9.17, 15) is 4.79 Å². The van der Waals surface area contributed by atoms with Gasteiger partial charge >= 0.3 is 0 Å². The van der Waals surface area contributed by atoms with Crippen molar-refractivity contribution in [1.82, 2.24) is 0 Å². The van der Waals surface area contributed by atoms with Gasteiger partial charge < -0.3 is 0 Å². The summed E-state index contributed by atoms with van der Waals surface area (Å²) in [5.74, 6) is 0.248. The Hall–Kier alpha value is -0.850. The summed E-state index contributed by atoms with van der Waals surface area (Å²) in [6.07, 6.45) is 7.34. The van der Waals surface area contributed by atoms with Crippen LogP contribution in [0, 0.1) is 10.8 Å². The first-order valence-corrected chi connectivity index (χ1v) is 4.77. The van der Waals surface area contributed by atoms with Gasteiger partial charge in [0.2, 0.25) is 0 Å². The number of rotatable bonds is 2. The van der Waals surface area contributed by atoms with Crippen LogP contribution in [0.5, 0.6) is 0 Å². The van der Waals surface area contributed by atoms with E-state index in [2.05, 4.69) is 27.4 Å². The molecule has 0 spiro atoms. The summed E-state index contributed by atoms with van der Waals surface area (Å²) >= 11 is 0. The van der Waals surface area contributed by atoms with Crippen molar-refractivity contribution in [2.75, 3.05) is 0 Å². The summed E-state index contributed by atoms with van der Waals surface area (Å²) < 4.78 is 0. The van der Waals surface area contributed by atoms with Gasteiger partial charge in [-0.15, -0.1) is 6.58 Å². The van der Waals surface area contributed by atoms with Crippen LogP contribution in [-0.4, -0.2) is 5.78 Å². The summed E-state index contributed by atoms with van der Waals surface area (Å²) in [4.78, 5) is 11.1. The van der Waals surface area contributed by atoms with Crippen LogP contribution in [0.4, 0.5) is 0 Å². The van der Waals surface area contributed by atoms with Crippen LogP contribution in [0.2, 0.25) is 0 Å².